The molecule has 0 atom stereocenters. The van der Waals surface area contributed by atoms with E-state index in [1.807, 2.05) is 43.3 Å². The molecule has 5 heteroatoms. The lowest BCUT2D eigenvalue weighted by Crippen LogP contribution is -2.32. The second kappa shape index (κ2) is 9.13. The molecule has 1 heterocycles. The maximum Gasteiger partial charge on any atom is 0.226 e. The quantitative estimate of drug-likeness (QED) is 0.821. The zero-order valence-corrected chi connectivity index (χ0v) is 16.0. The fourth-order valence-electron chi connectivity index (χ4n) is 2.82. The van der Waals surface area contributed by atoms with Gasteiger partial charge in [-0.1, -0.05) is 38.1 Å². The lowest BCUT2D eigenvalue weighted by atomic mass is 9.98. The number of hydrogen-bond acceptors (Lipinski definition) is 3. The number of nitrogens with zero attached hydrogens (tertiary/aromatic N) is 2. The van der Waals surface area contributed by atoms with E-state index in [0.717, 1.165) is 22.5 Å². The van der Waals surface area contributed by atoms with Crippen LogP contribution < -0.4 is 5.32 Å². The molecule has 0 aliphatic rings. The third-order valence-corrected chi connectivity index (χ3v) is 4.32. The lowest BCUT2D eigenvalue weighted by Gasteiger charge is -2.21. The molecular formula is C21H27N3O2. The van der Waals surface area contributed by atoms with Gasteiger partial charge >= 0.3 is 0 Å². The highest BCUT2D eigenvalue weighted by Crippen LogP contribution is 2.27. The van der Waals surface area contributed by atoms with E-state index in [4.69, 9.17) is 0 Å². The number of carbonyl (C=O) groups excluding carboxylic acids is 2. The number of aromatic nitrogens is 1. The number of hydrogen-bond donors (Lipinski definition) is 1. The van der Waals surface area contributed by atoms with E-state index in [0.29, 0.717) is 19.0 Å². The van der Waals surface area contributed by atoms with Crippen molar-refractivity contribution in [3.63, 3.8) is 0 Å². The van der Waals surface area contributed by atoms with Crippen LogP contribution in [0.3, 0.4) is 0 Å². The van der Waals surface area contributed by atoms with Crippen LogP contribution >= 0.6 is 0 Å². The average molecular weight is 353 g/mol. The predicted octanol–water partition coefficient (Wildman–Crippen LogP) is 3.89. The smallest absolute Gasteiger partial charge is 0.226 e. The van der Waals surface area contributed by atoms with Crippen molar-refractivity contribution in [2.75, 3.05) is 11.9 Å². The number of nitrogens with one attached hydrogen (secondary N) is 1. The van der Waals surface area contributed by atoms with Crippen LogP contribution in [0.15, 0.2) is 42.6 Å². The Morgan fingerprint density at radius 3 is 2.54 bits per heavy atom. The molecule has 0 fully saturated rings. The predicted molar refractivity (Wildman–Crippen MR) is 104 cm³/mol. The van der Waals surface area contributed by atoms with Gasteiger partial charge in [-0.25, -0.2) is 0 Å². The van der Waals surface area contributed by atoms with Gasteiger partial charge in [-0.05, 0) is 36.1 Å². The van der Waals surface area contributed by atoms with Crippen molar-refractivity contribution in [1.82, 2.24) is 9.88 Å². The van der Waals surface area contributed by atoms with Gasteiger partial charge in [-0.15, -0.1) is 0 Å². The van der Waals surface area contributed by atoms with Gasteiger partial charge in [0, 0.05) is 31.8 Å². The third-order valence-electron chi connectivity index (χ3n) is 4.32. The van der Waals surface area contributed by atoms with E-state index in [1.54, 1.807) is 11.1 Å². The highest BCUT2D eigenvalue weighted by molar-refractivity contribution is 5.92. The first kappa shape index (κ1) is 19.6. The van der Waals surface area contributed by atoms with Gasteiger partial charge in [0.25, 0.3) is 0 Å². The van der Waals surface area contributed by atoms with Crippen LogP contribution in [-0.2, 0) is 16.1 Å². The molecule has 0 spiro atoms. The Bertz CT molecular complexity index is 757. The van der Waals surface area contributed by atoms with Gasteiger partial charge in [0.15, 0.2) is 0 Å². The number of benzene rings is 1. The van der Waals surface area contributed by atoms with E-state index in [2.05, 4.69) is 24.1 Å². The third kappa shape index (κ3) is 5.41. The van der Waals surface area contributed by atoms with E-state index >= 15 is 0 Å². The fourth-order valence-corrected chi connectivity index (χ4v) is 2.82. The second-order valence-electron chi connectivity index (χ2n) is 6.75. The van der Waals surface area contributed by atoms with Gasteiger partial charge in [-0.3, -0.25) is 14.6 Å². The molecule has 0 saturated carbocycles. The Balaban J connectivity index is 2.00. The van der Waals surface area contributed by atoms with Gasteiger partial charge in [0.2, 0.25) is 11.8 Å². The van der Waals surface area contributed by atoms with Crippen molar-refractivity contribution in [1.29, 1.82) is 0 Å². The van der Waals surface area contributed by atoms with Crippen LogP contribution in [0.4, 0.5) is 5.69 Å². The van der Waals surface area contributed by atoms with Crippen LogP contribution in [-0.4, -0.2) is 28.2 Å². The molecule has 0 radical (unpaired) electrons. The summed E-state index contributed by atoms with van der Waals surface area (Å²) in [5.74, 6) is 0.166. The Labute approximate surface area is 155 Å². The number of aryl methyl sites for hydroxylation is 1. The van der Waals surface area contributed by atoms with Crippen LogP contribution in [0.25, 0.3) is 0 Å². The average Bonchev–Trinajstić information content (AvgIpc) is 2.60. The number of amides is 2. The summed E-state index contributed by atoms with van der Waals surface area (Å²) >= 11 is 0. The number of para-hydroxylation sites is 1. The first-order valence-electron chi connectivity index (χ1n) is 8.93. The summed E-state index contributed by atoms with van der Waals surface area (Å²) in [5.41, 5.74) is 3.85. The SMILES string of the molecule is CC(=O)N(CCC(=O)Nc1c(C)cccc1C(C)C)Cc1ccccn1. The molecule has 1 aromatic carbocycles. The first-order valence-corrected chi connectivity index (χ1v) is 8.93. The van der Waals surface area contributed by atoms with Crippen LogP contribution in [0.1, 0.15) is 49.9 Å². The number of carbonyl (C=O) groups is 2. The Morgan fingerprint density at radius 2 is 1.92 bits per heavy atom. The molecule has 0 unspecified atom stereocenters. The number of pyridine rings is 1. The lowest BCUT2D eigenvalue weighted by molar-refractivity contribution is -0.130. The number of rotatable bonds is 7. The molecule has 0 bridgehead atoms. The monoisotopic (exact) mass is 353 g/mol. The summed E-state index contributed by atoms with van der Waals surface area (Å²) in [7, 11) is 0. The molecule has 2 rings (SSSR count). The van der Waals surface area contributed by atoms with Crippen LogP contribution in [0.5, 0.6) is 0 Å². The normalized spacial score (nSPS) is 10.7. The maximum absolute atomic E-state index is 12.5. The van der Waals surface area contributed by atoms with Crippen molar-refractivity contribution in [2.45, 2.75) is 46.6 Å². The molecule has 0 saturated heterocycles. The zero-order valence-electron chi connectivity index (χ0n) is 16.0. The summed E-state index contributed by atoms with van der Waals surface area (Å²) in [6.45, 7) is 8.48. The van der Waals surface area contributed by atoms with E-state index in [9.17, 15) is 9.59 Å². The van der Waals surface area contributed by atoms with Crippen molar-refractivity contribution in [3.8, 4) is 0 Å². The van der Waals surface area contributed by atoms with Crippen LogP contribution in [0, 0.1) is 6.92 Å². The minimum Gasteiger partial charge on any atom is -0.337 e. The standard InChI is InChI=1S/C21H27N3O2/c1-15(2)19-10-7-8-16(3)21(19)23-20(26)11-13-24(17(4)25)14-18-9-5-6-12-22-18/h5-10,12,15H,11,13-14H2,1-4H3,(H,23,26). The largest absolute Gasteiger partial charge is 0.337 e. The van der Waals surface area contributed by atoms with Crippen molar-refractivity contribution in [2.24, 2.45) is 0 Å². The molecule has 2 amide bonds. The molecule has 26 heavy (non-hydrogen) atoms. The van der Waals surface area contributed by atoms with Gasteiger partial charge < -0.3 is 10.2 Å². The molecule has 2 aromatic rings. The van der Waals surface area contributed by atoms with Crippen molar-refractivity contribution < 1.29 is 9.59 Å². The van der Waals surface area contributed by atoms with Gasteiger partial charge in [0.05, 0.1) is 12.2 Å². The maximum atomic E-state index is 12.5. The summed E-state index contributed by atoms with van der Waals surface area (Å²) < 4.78 is 0. The zero-order chi connectivity index (χ0) is 19.1. The molecule has 138 valence electrons. The first-order chi connectivity index (χ1) is 12.4. The Kier molecular flexibility index (Phi) is 6.89. The molecule has 5 nitrogen and oxygen atoms in total. The summed E-state index contributed by atoms with van der Waals surface area (Å²) in [5, 5.41) is 3.03. The molecular weight excluding hydrogens is 326 g/mol. The number of anilines is 1. The molecule has 0 aliphatic heterocycles. The van der Waals surface area contributed by atoms with E-state index < -0.39 is 0 Å². The Morgan fingerprint density at radius 1 is 1.15 bits per heavy atom. The molecule has 1 aromatic heterocycles. The second-order valence-corrected chi connectivity index (χ2v) is 6.75. The minimum absolute atomic E-state index is 0.0674. The summed E-state index contributed by atoms with van der Waals surface area (Å²) in [6, 6.07) is 11.6. The van der Waals surface area contributed by atoms with Crippen LogP contribution in [0.2, 0.25) is 0 Å². The van der Waals surface area contributed by atoms with Gasteiger partial charge in [-0.2, -0.15) is 0 Å². The molecule has 1 N–H and O–H groups in total. The topological polar surface area (TPSA) is 62.3 Å². The fraction of sp³-hybridized carbons (Fsp3) is 0.381. The summed E-state index contributed by atoms with van der Waals surface area (Å²) in [6.07, 6.45) is 1.95. The highest BCUT2D eigenvalue weighted by Gasteiger charge is 2.15. The van der Waals surface area contributed by atoms with E-state index in [-0.39, 0.29) is 18.2 Å². The van der Waals surface area contributed by atoms with Crippen molar-refractivity contribution in [3.05, 3.63) is 59.4 Å². The Hall–Kier alpha value is -2.69. The van der Waals surface area contributed by atoms with E-state index in [1.165, 1.54) is 6.92 Å². The summed E-state index contributed by atoms with van der Waals surface area (Å²) in [4.78, 5) is 30.2. The minimum atomic E-state index is -0.0894. The van der Waals surface area contributed by atoms with Gasteiger partial charge in [0.1, 0.15) is 0 Å². The van der Waals surface area contributed by atoms with Crippen molar-refractivity contribution >= 4 is 17.5 Å². The highest BCUT2D eigenvalue weighted by atomic mass is 16.2. The molecule has 0 aliphatic carbocycles.